The molecule has 0 atom stereocenters. The third kappa shape index (κ3) is 4.88. The monoisotopic (exact) mass is 702 g/mol. The Kier molecular flexibility index (Phi) is 6.93. The van der Waals surface area contributed by atoms with E-state index in [1.807, 2.05) is 0 Å². The summed E-state index contributed by atoms with van der Waals surface area (Å²) in [5, 5.41) is 7.53. The smallest absolute Gasteiger partial charge is 0.0547 e. The summed E-state index contributed by atoms with van der Waals surface area (Å²) in [6.45, 7) is 4.77. The van der Waals surface area contributed by atoms with Crippen LogP contribution in [0.5, 0.6) is 0 Å². The molecular weight excluding hydrogens is 665 g/mol. The van der Waals surface area contributed by atoms with Gasteiger partial charge in [0.2, 0.25) is 0 Å². The Labute approximate surface area is 321 Å². The molecular formula is C53H38N2. The topological polar surface area (TPSA) is 8.17 Å². The van der Waals surface area contributed by atoms with Crippen molar-refractivity contribution >= 4 is 60.4 Å². The van der Waals surface area contributed by atoms with Crippen LogP contribution >= 0.6 is 0 Å². The van der Waals surface area contributed by atoms with Gasteiger partial charge in [-0.3, -0.25) is 0 Å². The second-order valence-corrected chi connectivity index (χ2v) is 15.4. The number of para-hydroxylation sites is 1. The normalized spacial score (nSPS) is 13.1. The van der Waals surface area contributed by atoms with E-state index < -0.39 is 0 Å². The van der Waals surface area contributed by atoms with Gasteiger partial charge in [0.15, 0.2) is 0 Å². The van der Waals surface area contributed by atoms with E-state index in [1.54, 1.807) is 0 Å². The van der Waals surface area contributed by atoms with Gasteiger partial charge in [0.1, 0.15) is 0 Å². The molecule has 1 aliphatic rings. The predicted octanol–water partition coefficient (Wildman–Crippen LogP) is 14.5. The Morgan fingerprint density at radius 2 is 1.02 bits per heavy atom. The van der Waals surface area contributed by atoms with Gasteiger partial charge in [-0.05, 0) is 122 Å². The summed E-state index contributed by atoms with van der Waals surface area (Å²) >= 11 is 0. The van der Waals surface area contributed by atoms with Crippen molar-refractivity contribution in [2.45, 2.75) is 19.3 Å². The molecule has 1 aromatic heterocycles. The number of hydrogen-bond acceptors (Lipinski definition) is 1. The molecule has 2 heteroatoms. The molecule has 2 nitrogen and oxygen atoms in total. The van der Waals surface area contributed by atoms with Crippen LogP contribution in [0.15, 0.2) is 194 Å². The average Bonchev–Trinajstić information content (AvgIpc) is 3.68. The summed E-state index contributed by atoms with van der Waals surface area (Å²) in [6.07, 6.45) is 0. The quantitative estimate of drug-likeness (QED) is 0.173. The number of fused-ring (bicyclic) bond motifs is 9. The van der Waals surface area contributed by atoms with E-state index in [4.69, 9.17) is 0 Å². The SMILES string of the molecule is CC1(C)c2ccccc2-c2ccc3cc4c(cc3c21)c1cc(N(c2ccc(-c3ccccc3)cc2)c2ccc3ccccc3c2)ccc1n4-c1ccccc1. The molecule has 9 aromatic carbocycles. The summed E-state index contributed by atoms with van der Waals surface area (Å²) in [5.74, 6) is 0. The Balaban J connectivity index is 1.17. The fraction of sp³-hybridized carbons (Fsp3) is 0.0566. The van der Waals surface area contributed by atoms with Crippen molar-refractivity contribution in [2.24, 2.45) is 0 Å². The van der Waals surface area contributed by atoms with Gasteiger partial charge in [-0.2, -0.15) is 0 Å². The number of hydrogen-bond donors (Lipinski definition) is 0. The van der Waals surface area contributed by atoms with Gasteiger partial charge < -0.3 is 9.47 Å². The van der Waals surface area contributed by atoms with Crippen molar-refractivity contribution in [1.29, 1.82) is 0 Å². The minimum Gasteiger partial charge on any atom is -0.310 e. The maximum Gasteiger partial charge on any atom is 0.0547 e. The third-order valence-electron chi connectivity index (χ3n) is 11.9. The molecule has 0 amide bonds. The zero-order valence-corrected chi connectivity index (χ0v) is 30.9. The molecule has 55 heavy (non-hydrogen) atoms. The number of anilines is 3. The fourth-order valence-corrected chi connectivity index (χ4v) is 9.31. The highest BCUT2D eigenvalue weighted by Crippen LogP contribution is 2.52. The fourth-order valence-electron chi connectivity index (χ4n) is 9.31. The lowest BCUT2D eigenvalue weighted by Crippen LogP contribution is -2.15. The van der Waals surface area contributed by atoms with E-state index in [9.17, 15) is 0 Å². The maximum absolute atomic E-state index is 2.48. The van der Waals surface area contributed by atoms with E-state index in [1.165, 1.54) is 76.7 Å². The van der Waals surface area contributed by atoms with Crippen molar-refractivity contribution in [2.75, 3.05) is 4.90 Å². The van der Waals surface area contributed by atoms with Crippen molar-refractivity contribution in [1.82, 2.24) is 4.57 Å². The zero-order chi connectivity index (χ0) is 36.7. The van der Waals surface area contributed by atoms with Gasteiger partial charge in [-0.1, -0.05) is 141 Å². The molecule has 1 heterocycles. The lowest BCUT2D eigenvalue weighted by Gasteiger charge is -2.26. The molecule has 10 aromatic rings. The summed E-state index contributed by atoms with van der Waals surface area (Å²) in [6, 6.07) is 71.4. The summed E-state index contributed by atoms with van der Waals surface area (Å²) in [5.41, 5.74) is 14.7. The van der Waals surface area contributed by atoms with Crippen molar-refractivity contribution < 1.29 is 0 Å². The third-order valence-corrected chi connectivity index (χ3v) is 11.9. The molecule has 0 spiro atoms. The highest BCUT2D eigenvalue weighted by atomic mass is 15.1. The van der Waals surface area contributed by atoms with Crippen LogP contribution in [0.4, 0.5) is 17.1 Å². The largest absolute Gasteiger partial charge is 0.310 e. The Hall–Kier alpha value is -6.90. The molecule has 11 rings (SSSR count). The van der Waals surface area contributed by atoms with Gasteiger partial charge in [0, 0.05) is 38.9 Å². The van der Waals surface area contributed by atoms with Crippen LogP contribution in [0.3, 0.4) is 0 Å². The Morgan fingerprint density at radius 3 is 1.84 bits per heavy atom. The van der Waals surface area contributed by atoms with Gasteiger partial charge >= 0.3 is 0 Å². The van der Waals surface area contributed by atoms with E-state index in [0.717, 1.165) is 22.7 Å². The first-order chi connectivity index (χ1) is 27.0. The molecule has 0 unspecified atom stereocenters. The standard InChI is InChI=1S/C53H38N2/c1-53(2)49-20-12-11-19-44(49)45-29-24-39-32-51-48(34-46(39)52(45)53)47-33-43(28-30-50(47)55(51)40-17-7-4-8-18-40)54(42-27-23-36-15-9-10-16-38(36)31-42)41-25-21-37(22-26-41)35-13-5-3-6-14-35/h3-34H,1-2H3. The first-order valence-corrected chi connectivity index (χ1v) is 19.2. The number of aromatic nitrogens is 1. The zero-order valence-electron chi connectivity index (χ0n) is 30.9. The summed E-state index contributed by atoms with van der Waals surface area (Å²) in [4.78, 5) is 2.41. The molecule has 1 aliphatic carbocycles. The van der Waals surface area contributed by atoms with Crippen LogP contribution in [-0.4, -0.2) is 4.57 Å². The van der Waals surface area contributed by atoms with Crippen LogP contribution < -0.4 is 4.90 Å². The minimum absolute atomic E-state index is 0.110. The van der Waals surface area contributed by atoms with E-state index in [2.05, 4.69) is 217 Å². The molecule has 0 N–H and O–H groups in total. The number of benzene rings is 9. The van der Waals surface area contributed by atoms with Crippen LogP contribution in [0.1, 0.15) is 25.0 Å². The van der Waals surface area contributed by atoms with Gasteiger partial charge in [0.05, 0.1) is 11.0 Å². The molecule has 0 radical (unpaired) electrons. The first kappa shape index (κ1) is 31.6. The van der Waals surface area contributed by atoms with Crippen molar-refractivity contribution in [3.05, 3.63) is 205 Å². The van der Waals surface area contributed by atoms with E-state index in [-0.39, 0.29) is 5.41 Å². The summed E-state index contributed by atoms with van der Waals surface area (Å²) < 4.78 is 2.44. The number of rotatable bonds is 5. The average molecular weight is 703 g/mol. The summed E-state index contributed by atoms with van der Waals surface area (Å²) in [7, 11) is 0. The minimum atomic E-state index is -0.110. The van der Waals surface area contributed by atoms with Crippen molar-refractivity contribution in [3.8, 4) is 27.9 Å². The van der Waals surface area contributed by atoms with Crippen LogP contribution in [0.25, 0.3) is 71.3 Å². The second kappa shape index (κ2) is 12.1. The molecule has 0 aliphatic heterocycles. The van der Waals surface area contributed by atoms with E-state index >= 15 is 0 Å². The second-order valence-electron chi connectivity index (χ2n) is 15.4. The van der Waals surface area contributed by atoms with Gasteiger partial charge in [-0.15, -0.1) is 0 Å². The lowest BCUT2D eigenvalue weighted by atomic mass is 9.80. The predicted molar refractivity (Wildman–Crippen MR) is 233 cm³/mol. The van der Waals surface area contributed by atoms with Crippen LogP contribution in [0, 0.1) is 0 Å². The van der Waals surface area contributed by atoms with Gasteiger partial charge in [-0.25, -0.2) is 0 Å². The van der Waals surface area contributed by atoms with E-state index in [0.29, 0.717) is 0 Å². The number of nitrogens with zero attached hydrogens (tertiary/aromatic N) is 2. The molecule has 0 fully saturated rings. The highest BCUT2D eigenvalue weighted by Gasteiger charge is 2.36. The highest BCUT2D eigenvalue weighted by molar-refractivity contribution is 6.16. The molecule has 0 saturated carbocycles. The van der Waals surface area contributed by atoms with Crippen LogP contribution in [-0.2, 0) is 5.41 Å². The Bertz CT molecular complexity index is 3100. The van der Waals surface area contributed by atoms with Crippen molar-refractivity contribution in [3.63, 3.8) is 0 Å². The Morgan fingerprint density at radius 1 is 0.400 bits per heavy atom. The van der Waals surface area contributed by atoms with Gasteiger partial charge in [0.25, 0.3) is 0 Å². The molecule has 0 saturated heterocycles. The lowest BCUT2D eigenvalue weighted by molar-refractivity contribution is 0.666. The first-order valence-electron chi connectivity index (χ1n) is 19.2. The van der Waals surface area contributed by atoms with Crippen LogP contribution in [0.2, 0.25) is 0 Å². The molecule has 0 bridgehead atoms. The molecule has 260 valence electrons. The maximum atomic E-state index is 2.48.